The lowest BCUT2D eigenvalue weighted by molar-refractivity contribution is -0.190. The molecule has 17 atom stereocenters. The average molecular weight is 1940 g/mol. The zero-order valence-electron chi connectivity index (χ0n) is 75.2. The number of ether oxygens (including phenoxy) is 11. The molecule has 12 aromatic carbocycles. The summed E-state index contributed by atoms with van der Waals surface area (Å²) >= 11 is 0. The molecule has 5 saturated heterocycles. The molecule has 10 bridgehead atoms. The smallest absolute Gasteiger partial charge is 0.344 e. The van der Waals surface area contributed by atoms with Crippen molar-refractivity contribution in [3.05, 3.63) is 340 Å². The molecule has 0 N–H and O–H groups in total. The van der Waals surface area contributed by atoms with E-state index >= 15 is 0 Å². The largest absolute Gasteiger partial charge is 0.482 e. The predicted octanol–water partition coefficient (Wildman–Crippen LogP) is 18.5. The number of esters is 6. The van der Waals surface area contributed by atoms with Gasteiger partial charge in [0.15, 0.2) is 97.4 Å². The summed E-state index contributed by atoms with van der Waals surface area (Å²) in [6.45, 7) is -0.738. The van der Waals surface area contributed by atoms with E-state index in [-0.39, 0.29) is 160 Å². The van der Waals surface area contributed by atoms with Gasteiger partial charge in [-0.2, -0.15) is 8.42 Å². The summed E-state index contributed by atoms with van der Waals surface area (Å²) in [5.41, 5.74) is -0.450. The van der Waals surface area contributed by atoms with Crippen LogP contribution in [-0.2, 0) is 125 Å². The van der Waals surface area contributed by atoms with Crippen molar-refractivity contribution >= 4 is 95.3 Å². The van der Waals surface area contributed by atoms with Gasteiger partial charge >= 0.3 is 35.8 Å². The fourth-order valence-electron chi connectivity index (χ4n) is 22.5. The maximum atomic E-state index is 12.7. The first-order chi connectivity index (χ1) is 67.4. The lowest BCUT2D eigenvalue weighted by atomic mass is 9.53. The van der Waals surface area contributed by atoms with Gasteiger partial charge < -0.3 is 52.1 Å². The molecule has 12 aromatic rings. The van der Waals surface area contributed by atoms with Crippen LogP contribution in [0.25, 0.3) is 0 Å². The van der Waals surface area contributed by atoms with Crippen LogP contribution in [-0.4, -0.2) is 136 Å². The maximum absolute atomic E-state index is 12.7. The van der Waals surface area contributed by atoms with E-state index in [2.05, 4.69) is 194 Å². The fraction of sp³-hybridized carbons (Fsp3) is 0.295. The van der Waals surface area contributed by atoms with Crippen molar-refractivity contribution in [3.8, 4) is 23.0 Å². The molecule has 8 saturated carbocycles. The number of carbonyl (C=O) groups is 7. The molecule has 8 aliphatic carbocycles. The Morgan fingerprint density at radius 3 is 0.993 bits per heavy atom. The first-order valence-electron chi connectivity index (χ1n) is 47.0. The Morgan fingerprint density at radius 1 is 0.312 bits per heavy atom. The molecule has 0 radical (unpaired) electrons. The fourth-order valence-corrected chi connectivity index (χ4v) is 32.7. The standard InChI is InChI=1S/C30H29O4S.C28H25O5S.C27H25O6S2.C27H23O6S/c31-28(34-30-17-21-15-22(18-30)29(32)23(16-21)19-30)20-33-24-11-13-27(14-12-24)35(25-7-3-1-4-8-25)26-9-5-2-6-10-26;29-25(32-26-18-15-23-24(16-18)28(30)33-27(23)26)17-31-19-11-13-22(14-12-19)34(20-7-3-1-4-8-20)21-9-5-2-6-10-21;28-25(32-26-18-15-23-24(16-18)35(29,30)33-27(23)26)17-31-19-11-13-22(14-12-19)34(20-7-3-1-4-8-20)21-9-5-2-6-10-21;28-23(32-25-22-15-21-24(31-22)26(25)33-27(21)29)16-30-17-11-13-20(14-12-17)34(18-7-3-1-4-8-18)19-9-5-2-6-10-19/h1-14,21-23H,15-20H2;1-14,18,23-24,26-27H,15-17H2;1-14,18,23-24,26-27H,15-17H2;1-14,21-22,24-26H,15-16H2/q4*+1. The average Bonchev–Trinajstić information content (AvgIpc) is 1.53. The van der Waals surface area contributed by atoms with E-state index in [1.165, 1.54) is 49.0 Å². The van der Waals surface area contributed by atoms with Crippen LogP contribution >= 0.6 is 0 Å². The highest BCUT2D eigenvalue weighted by molar-refractivity contribution is 7.98. The minimum atomic E-state index is -3.53. The van der Waals surface area contributed by atoms with Crippen molar-refractivity contribution in [2.75, 3.05) is 26.4 Å². The Kier molecular flexibility index (Phi) is 27.0. The summed E-state index contributed by atoms with van der Waals surface area (Å²) in [5, 5.41) is -0.432. The number of hydrogen-bond acceptors (Lipinski definition) is 21. The molecule has 21 nitrogen and oxygen atoms in total. The van der Waals surface area contributed by atoms with Gasteiger partial charge in [0.05, 0.1) is 66.8 Å². The van der Waals surface area contributed by atoms with Gasteiger partial charge in [0.2, 0.25) is 0 Å². The predicted molar refractivity (Wildman–Crippen MR) is 515 cm³/mol. The Bertz CT molecular complexity index is 6080. The van der Waals surface area contributed by atoms with Gasteiger partial charge in [-0.25, -0.2) is 19.2 Å². The second-order valence-corrected chi connectivity index (χ2v) is 46.7. The minimum Gasteiger partial charge on any atom is -0.482 e. The first-order valence-corrected chi connectivity index (χ1v) is 53.4. The second-order valence-electron chi connectivity index (χ2n) is 36.8. The Morgan fingerprint density at radius 2 is 0.623 bits per heavy atom. The van der Waals surface area contributed by atoms with E-state index in [9.17, 15) is 42.0 Å². The summed E-state index contributed by atoms with van der Waals surface area (Å²) < 4.78 is 91.8. The Hall–Kier alpha value is -12.4. The van der Waals surface area contributed by atoms with Gasteiger partial charge in [-0.3, -0.25) is 18.6 Å². The molecule has 26 heteroatoms. The van der Waals surface area contributed by atoms with Crippen LogP contribution in [0, 0.1) is 53.3 Å². The minimum absolute atomic E-state index is 0.0102. The monoisotopic (exact) mass is 1940 g/mol. The van der Waals surface area contributed by atoms with Crippen molar-refractivity contribution in [2.24, 2.45) is 53.3 Å². The van der Waals surface area contributed by atoms with Crippen LogP contribution in [0.2, 0.25) is 0 Å². The van der Waals surface area contributed by atoms with Gasteiger partial charge in [-0.15, -0.1) is 0 Å². The molecule has 13 aliphatic rings. The molecule has 0 amide bonds. The van der Waals surface area contributed by atoms with E-state index < -0.39 is 63.3 Å². The summed E-state index contributed by atoms with van der Waals surface area (Å²) in [4.78, 5) is 101. The zero-order chi connectivity index (χ0) is 94.0. The quantitative estimate of drug-likeness (QED) is 0.0191. The molecular weight excluding hydrogens is 1840 g/mol. The third kappa shape index (κ3) is 19.8. The maximum Gasteiger partial charge on any atom is 0.344 e. The summed E-state index contributed by atoms with van der Waals surface area (Å²) in [6, 6.07) is 115. The molecule has 5 aliphatic heterocycles. The summed E-state index contributed by atoms with van der Waals surface area (Å²) in [5.74, 6) is 1.60. The van der Waals surface area contributed by atoms with Gasteiger partial charge in [-0.1, -0.05) is 146 Å². The zero-order valence-corrected chi connectivity index (χ0v) is 79.3. The number of Topliss-reactive ketones (excluding diaryl/α,β-unsaturated/α-hetero) is 1. The number of rotatable bonds is 28. The van der Waals surface area contributed by atoms with Gasteiger partial charge in [0.1, 0.15) is 64.9 Å². The van der Waals surface area contributed by atoms with Crippen LogP contribution in [0.5, 0.6) is 23.0 Å². The van der Waals surface area contributed by atoms with Gasteiger partial charge in [0.25, 0.3) is 10.1 Å². The third-order valence-electron chi connectivity index (χ3n) is 28.2. The van der Waals surface area contributed by atoms with Crippen LogP contribution in [0.3, 0.4) is 0 Å². The van der Waals surface area contributed by atoms with Gasteiger partial charge in [-0.05, 0) is 264 Å². The van der Waals surface area contributed by atoms with Crippen molar-refractivity contribution in [1.29, 1.82) is 0 Å². The van der Waals surface area contributed by atoms with E-state index in [0.29, 0.717) is 60.4 Å². The molecule has 25 rings (SSSR count). The SMILES string of the molecule is O=C(COc1ccc([S+](c2ccccc2)c2ccccc2)cc1)OC12CC3CC(C1)C(=O)C(C3)C2.O=C(COc1ccc([S+](c2ccccc2)c2ccccc2)cc1)OC1C2CC3C(=O)OC1C3C2.O=C(COc1ccc([S+](c2ccccc2)c2ccccc2)cc1)OC1C2CC3C(=O)OC1C3O2.O=C(COc1ccc([S+](c2ccccc2)c2ccccc2)cc1)OC1C2CC3C1OS(=O)(=O)C3C2. The lowest BCUT2D eigenvalue weighted by Gasteiger charge is -2.54. The molecule has 702 valence electrons. The van der Waals surface area contributed by atoms with Crippen molar-refractivity contribution in [1.82, 2.24) is 0 Å². The normalized spacial score (nSPS) is 26.9. The Balaban J connectivity index is 0.000000110. The molecule has 5 heterocycles. The number of ketones is 1. The van der Waals surface area contributed by atoms with Crippen LogP contribution in [0.4, 0.5) is 0 Å². The van der Waals surface area contributed by atoms with Crippen molar-refractivity contribution in [2.45, 2.75) is 183 Å². The molecule has 138 heavy (non-hydrogen) atoms. The summed E-state index contributed by atoms with van der Waals surface area (Å²) in [7, 11) is -4.49. The van der Waals surface area contributed by atoms with Crippen molar-refractivity contribution < 1.29 is 98.3 Å². The molecule has 0 spiro atoms. The highest BCUT2D eigenvalue weighted by Gasteiger charge is 2.68. The van der Waals surface area contributed by atoms with Crippen LogP contribution in [0.1, 0.15) is 64.2 Å². The van der Waals surface area contributed by atoms with Gasteiger partial charge in [0, 0.05) is 35.5 Å². The number of benzene rings is 12. The van der Waals surface area contributed by atoms with Crippen LogP contribution < -0.4 is 18.9 Å². The number of fused-ring (bicyclic) bond motifs is 3. The molecular formula is C112H102O21S5+4. The van der Waals surface area contributed by atoms with E-state index in [1.807, 2.05) is 146 Å². The third-order valence-corrected chi connectivity index (χ3v) is 38.9. The highest BCUT2D eigenvalue weighted by Crippen LogP contribution is 2.59. The lowest BCUT2D eigenvalue weighted by Crippen LogP contribution is -2.57. The highest BCUT2D eigenvalue weighted by atomic mass is 32.2. The molecule has 0 aromatic heterocycles. The number of carbonyl (C=O) groups excluding carboxylic acids is 7. The molecule has 17 unspecified atom stereocenters. The summed E-state index contributed by atoms with van der Waals surface area (Å²) in [6.07, 6.45) is 4.46. The second kappa shape index (κ2) is 40.6. The Labute approximate surface area is 812 Å². The van der Waals surface area contributed by atoms with E-state index in [4.69, 9.17) is 56.3 Å². The van der Waals surface area contributed by atoms with E-state index in [0.717, 1.165) is 48.3 Å². The van der Waals surface area contributed by atoms with E-state index in [1.54, 1.807) is 0 Å². The number of hydrogen-bond donors (Lipinski definition) is 0. The molecule has 13 fully saturated rings. The topological polar surface area (TPSA) is 264 Å². The van der Waals surface area contributed by atoms with Crippen LogP contribution in [0.15, 0.2) is 398 Å². The first kappa shape index (κ1) is 92.0. The van der Waals surface area contributed by atoms with Crippen molar-refractivity contribution in [3.63, 3.8) is 0 Å².